The number of aliphatic carboxylic acids is 1. The summed E-state index contributed by atoms with van der Waals surface area (Å²) in [6, 6.07) is 0. The minimum Gasteiger partial charge on any atom is -0.481 e. The topological polar surface area (TPSA) is 112 Å². The third-order valence-electron chi connectivity index (χ3n) is 8.77. The number of hydrogen-bond donors (Lipinski definition) is 2. The lowest BCUT2D eigenvalue weighted by Gasteiger charge is -2.38. The molecule has 1 heterocycles. The number of hydrogen-bond acceptors (Lipinski definition) is 7. The fraction of sp³-hybridized carbons (Fsp3) is 0.882. The van der Waals surface area contributed by atoms with Crippen molar-refractivity contribution in [3.05, 3.63) is 12.2 Å². The van der Waals surface area contributed by atoms with E-state index in [2.05, 4.69) is 40.8 Å². The Labute approximate surface area is 263 Å². The van der Waals surface area contributed by atoms with Crippen molar-refractivity contribution in [1.82, 2.24) is 0 Å². The molecule has 43 heavy (non-hydrogen) atoms. The highest BCUT2D eigenvalue weighted by molar-refractivity contribution is 6.74. The molecule has 1 fully saturated rings. The van der Waals surface area contributed by atoms with Gasteiger partial charge in [-0.2, -0.15) is 0 Å². The Kier molecular flexibility index (Phi) is 16.7. The highest BCUT2D eigenvalue weighted by Crippen LogP contribution is 2.37. The zero-order valence-electron chi connectivity index (χ0n) is 28.9. The second-order valence-electron chi connectivity index (χ2n) is 14.8. The third-order valence-corrected chi connectivity index (χ3v) is 13.3. The fourth-order valence-electron chi connectivity index (χ4n) is 5.03. The lowest BCUT2D eigenvalue weighted by atomic mass is 9.83. The average Bonchev–Trinajstić information content (AvgIpc) is 3.34. The van der Waals surface area contributed by atoms with Gasteiger partial charge in [0, 0.05) is 25.9 Å². The number of rotatable bonds is 21. The molecule has 8 nitrogen and oxygen atoms in total. The summed E-state index contributed by atoms with van der Waals surface area (Å²) < 4.78 is 23.8. The Morgan fingerprint density at radius 3 is 1.93 bits per heavy atom. The number of allylic oxidation sites excluding steroid dienone is 1. The molecule has 0 radical (unpaired) electrons. The molecule has 1 rings (SSSR count). The first-order chi connectivity index (χ1) is 19.9. The van der Waals surface area contributed by atoms with Crippen molar-refractivity contribution < 1.29 is 38.4 Å². The van der Waals surface area contributed by atoms with Gasteiger partial charge in [-0.25, -0.2) is 4.79 Å². The number of carbonyl (C=O) groups excluding carboxylic acids is 1. The first-order valence-electron chi connectivity index (χ1n) is 16.7. The van der Waals surface area contributed by atoms with Crippen LogP contribution < -0.4 is 0 Å². The number of ether oxygens (including phenoxy) is 3. The molecule has 0 bridgehead atoms. The van der Waals surface area contributed by atoms with Crippen molar-refractivity contribution >= 4 is 20.3 Å². The van der Waals surface area contributed by atoms with Gasteiger partial charge in [0.2, 0.25) is 0 Å². The van der Waals surface area contributed by atoms with Crippen molar-refractivity contribution in [2.75, 3.05) is 19.8 Å². The summed E-state index contributed by atoms with van der Waals surface area (Å²) >= 11 is 0. The molecule has 0 amide bonds. The molecular weight excluding hydrogens is 564 g/mol. The average molecular weight is 629 g/mol. The van der Waals surface area contributed by atoms with E-state index in [1.165, 1.54) is 31.8 Å². The minimum absolute atomic E-state index is 0.0604. The van der Waals surface area contributed by atoms with Crippen LogP contribution >= 0.6 is 0 Å². The predicted octanol–water partition coefficient (Wildman–Crippen LogP) is 8.17. The first kappa shape index (κ1) is 39.8. The van der Waals surface area contributed by atoms with Gasteiger partial charge in [0.15, 0.2) is 19.7 Å². The third kappa shape index (κ3) is 14.1. The maximum atomic E-state index is 13.2. The summed E-state index contributed by atoms with van der Waals surface area (Å²) in [5, 5.41) is 21.6. The second-order valence-corrected chi connectivity index (χ2v) is 19.6. The number of carboxylic acids is 1. The SMILES string of the molecule is CCCCCCCC1(CCCCCCC=CC(C(=O)O)C(O)(CCO[Si](C)(C)C(C)(C)C)C(=O)OC(C)(C)C)OCCO1. The van der Waals surface area contributed by atoms with Gasteiger partial charge in [0.05, 0.1) is 13.2 Å². The van der Waals surface area contributed by atoms with Crippen LogP contribution in [0.15, 0.2) is 12.2 Å². The van der Waals surface area contributed by atoms with Crippen LogP contribution in [0.1, 0.15) is 132 Å². The van der Waals surface area contributed by atoms with Crippen LogP contribution in [-0.4, -0.2) is 67.3 Å². The summed E-state index contributed by atoms with van der Waals surface area (Å²) in [5.41, 5.74) is -3.12. The molecule has 1 aliphatic heterocycles. The highest BCUT2D eigenvalue weighted by Gasteiger charge is 2.49. The molecule has 0 aromatic carbocycles. The summed E-state index contributed by atoms with van der Waals surface area (Å²) in [4.78, 5) is 25.5. The second kappa shape index (κ2) is 18.0. The standard InChI is InChI=1S/C34H64O8Si/c1-10-11-12-16-19-22-33(39-26-27-40-33)23-20-17-14-13-15-18-21-28(29(35)36)34(38,30(37)42-31(2,3)4)24-25-41-43(8,9)32(5,6)7/h18,21,28,38H,10-17,19-20,22-27H2,1-9H3,(H,35,36). The van der Waals surface area contributed by atoms with Crippen molar-refractivity contribution in [2.24, 2.45) is 5.92 Å². The van der Waals surface area contributed by atoms with Gasteiger partial charge in [-0.15, -0.1) is 0 Å². The van der Waals surface area contributed by atoms with E-state index in [4.69, 9.17) is 18.6 Å². The Hall–Kier alpha value is -1.26. The van der Waals surface area contributed by atoms with E-state index in [-0.39, 0.29) is 18.1 Å². The molecule has 0 saturated carbocycles. The van der Waals surface area contributed by atoms with Crippen molar-refractivity contribution in [1.29, 1.82) is 0 Å². The molecule has 0 aromatic heterocycles. The first-order valence-corrected chi connectivity index (χ1v) is 19.6. The van der Waals surface area contributed by atoms with E-state index in [1.807, 2.05) is 0 Å². The van der Waals surface area contributed by atoms with Crippen LogP contribution in [0.2, 0.25) is 18.1 Å². The normalized spacial score (nSPS) is 18.1. The molecule has 0 spiro atoms. The van der Waals surface area contributed by atoms with Crippen molar-refractivity contribution in [2.45, 2.75) is 167 Å². The Balaban J connectivity index is 2.71. The van der Waals surface area contributed by atoms with Crippen LogP contribution in [0.3, 0.4) is 0 Å². The van der Waals surface area contributed by atoms with Gasteiger partial charge in [-0.1, -0.05) is 78.4 Å². The number of carboxylic acid groups (broad SMARTS) is 1. The molecule has 0 aliphatic carbocycles. The molecule has 2 unspecified atom stereocenters. The molecule has 1 aliphatic rings. The van der Waals surface area contributed by atoms with Gasteiger partial charge in [0.25, 0.3) is 0 Å². The van der Waals surface area contributed by atoms with E-state index < -0.39 is 43.2 Å². The fourth-order valence-corrected chi connectivity index (χ4v) is 6.07. The minimum atomic E-state index is -2.25. The number of esters is 1. The van der Waals surface area contributed by atoms with Gasteiger partial charge >= 0.3 is 11.9 Å². The Morgan fingerprint density at radius 1 is 0.907 bits per heavy atom. The van der Waals surface area contributed by atoms with Crippen LogP contribution in [0.4, 0.5) is 0 Å². The molecule has 2 N–H and O–H groups in total. The molecule has 0 aromatic rings. The number of unbranched alkanes of at least 4 members (excludes halogenated alkanes) is 8. The summed E-state index contributed by atoms with van der Waals surface area (Å²) in [7, 11) is -2.17. The van der Waals surface area contributed by atoms with Crippen molar-refractivity contribution in [3.63, 3.8) is 0 Å². The molecule has 9 heteroatoms. The molecule has 2 atom stereocenters. The van der Waals surface area contributed by atoms with Crippen molar-refractivity contribution in [3.8, 4) is 0 Å². The summed E-state index contributed by atoms with van der Waals surface area (Å²) in [6.45, 7) is 19.2. The molecule has 1 saturated heterocycles. The Bertz CT molecular complexity index is 851. The smallest absolute Gasteiger partial charge is 0.339 e. The lowest BCUT2D eigenvalue weighted by molar-refractivity contribution is -0.187. The quantitative estimate of drug-likeness (QED) is 0.0567. The van der Waals surface area contributed by atoms with E-state index in [0.717, 1.165) is 44.9 Å². The van der Waals surface area contributed by atoms with Crippen LogP contribution in [-0.2, 0) is 28.2 Å². The van der Waals surface area contributed by atoms with Gasteiger partial charge in [0.1, 0.15) is 11.5 Å². The maximum absolute atomic E-state index is 13.2. The molecular formula is C34H64O8Si. The van der Waals surface area contributed by atoms with Crippen LogP contribution in [0.5, 0.6) is 0 Å². The highest BCUT2D eigenvalue weighted by atomic mass is 28.4. The molecule has 252 valence electrons. The van der Waals surface area contributed by atoms with E-state index in [1.54, 1.807) is 26.8 Å². The monoisotopic (exact) mass is 628 g/mol. The summed E-state index contributed by atoms with van der Waals surface area (Å²) in [6.07, 6.45) is 15.6. The zero-order valence-corrected chi connectivity index (χ0v) is 29.9. The van der Waals surface area contributed by atoms with E-state index >= 15 is 0 Å². The number of aliphatic hydroxyl groups is 1. The largest absolute Gasteiger partial charge is 0.481 e. The van der Waals surface area contributed by atoms with Gasteiger partial charge < -0.3 is 28.8 Å². The zero-order chi connectivity index (χ0) is 32.8. The van der Waals surface area contributed by atoms with Crippen LogP contribution in [0.25, 0.3) is 0 Å². The van der Waals surface area contributed by atoms with Gasteiger partial charge in [-0.05, 0) is 64.6 Å². The number of carbonyl (C=O) groups is 2. The summed E-state index contributed by atoms with van der Waals surface area (Å²) in [5.74, 6) is -4.07. The van der Waals surface area contributed by atoms with Gasteiger partial charge in [-0.3, -0.25) is 4.79 Å². The van der Waals surface area contributed by atoms with E-state index in [9.17, 15) is 19.8 Å². The lowest BCUT2D eigenvalue weighted by Crippen LogP contribution is -2.52. The van der Waals surface area contributed by atoms with Crippen LogP contribution in [0, 0.1) is 5.92 Å². The van der Waals surface area contributed by atoms with E-state index in [0.29, 0.717) is 19.6 Å². The Morgan fingerprint density at radius 2 is 1.44 bits per heavy atom. The maximum Gasteiger partial charge on any atom is 0.339 e. The predicted molar refractivity (Wildman–Crippen MR) is 175 cm³/mol.